The lowest BCUT2D eigenvalue weighted by Gasteiger charge is -2.40. The van der Waals surface area contributed by atoms with E-state index in [1.807, 2.05) is 23.1 Å². The molecule has 12 heteroatoms. The van der Waals surface area contributed by atoms with Crippen LogP contribution in [0.15, 0.2) is 24.3 Å². The van der Waals surface area contributed by atoms with Crippen LogP contribution in [0.4, 0.5) is 0 Å². The van der Waals surface area contributed by atoms with E-state index in [1.54, 1.807) is 12.1 Å². The number of nitriles is 2. The van der Waals surface area contributed by atoms with Gasteiger partial charge in [0.15, 0.2) is 0 Å². The summed E-state index contributed by atoms with van der Waals surface area (Å²) in [5.41, 5.74) is 1.62. The predicted molar refractivity (Wildman–Crippen MR) is 141 cm³/mol. The monoisotopic (exact) mass is 616 g/mol. The van der Waals surface area contributed by atoms with Crippen molar-refractivity contribution in [3.63, 3.8) is 0 Å². The lowest BCUT2D eigenvalue weighted by molar-refractivity contribution is -0.135. The van der Waals surface area contributed by atoms with Gasteiger partial charge in [0, 0.05) is 47.2 Å². The van der Waals surface area contributed by atoms with Crippen LogP contribution in [-0.4, -0.2) is 73.5 Å². The minimum Gasteiger partial charge on any atom is -0.355 e. The summed E-state index contributed by atoms with van der Waals surface area (Å²) >= 11 is 0. The highest BCUT2D eigenvalue weighted by molar-refractivity contribution is 14.0. The zero-order chi connectivity index (χ0) is 24.6. The Balaban J connectivity index is 0.000000399. The van der Waals surface area contributed by atoms with E-state index in [0.29, 0.717) is 25.1 Å². The molecular weight excluding hydrogens is 583 g/mol. The van der Waals surface area contributed by atoms with Gasteiger partial charge in [0.25, 0.3) is 10.2 Å². The molecule has 192 valence electrons. The molecule has 3 aliphatic rings. The molecule has 1 atom stereocenters. The number of carbonyl (C=O) groups excluding carboxylic acids is 2. The maximum atomic E-state index is 12.5. The third-order valence-corrected chi connectivity index (χ3v) is 8.24. The maximum Gasteiger partial charge on any atom is 0.282 e. The number of carbonyl (C=O) groups is 2. The van der Waals surface area contributed by atoms with E-state index >= 15 is 0 Å². The van der Waals surface area contributed by atoms with Crippen molar-refractivity contribution in [3.05, 3.63) is 35.4 Å². The fourth-order valence-corrected chi connectivity index (χ4v) is 6.07. The van der Waals surface area contributed by atoms with E-state index < -0.39 is 10.2 Å². The van der Waals surface area contributed by atoms with Gasteiger partial charge in [0.2, 0.25) is 12.3 Å². The van der Waals surface area contributed by atoms with E-state index in [4.69, 9.17) is 10.5 Å². The van der Waals surface area contributed by atoms with Crippen LogP contribution >= 0.6 is 24.0 Å². The third-order valence-electron chi connectivity index (χ3n) is 6.31. The fraction of sp³-hybridized carbons (Fsp3) is 0.565. The number of rotatable bonds is 6. The van der Waals surface area contributed by atoms with Gasteiger partial charge in [-0.15, -0.1) is 24.0 Å². The summed E-state index contributed by atoms with van der Waals surface area (Å²) in [6.07, 6.45) is 4.23. The molecule has 1 N–H and O–H groups in total. The zero-order valence-electron chi connectivity index (χ0n) is 19.5. The Morgan fingerprint density at radius 1 is 1.06 bits per heavy atom. The normalized spacial score (nSPS) is 20.7. The van der Waals surface area contributed by atoms with E-state index in [0.717, 1.165) is 44.3 Å². The quantitative estimate of drug-likeness (QED) is 0.382. The first-order valence-corrected chi connectivity index (χ1v) is 12.9. The minimum absolute atomic E-state index is 0. The van der Waals surface area contributed by atoms with E-state index in [2.05, 4.69) is 11.4 Å². The molecule has 0 aliphatic carbocycles. The summed E-state index contributed by atoms with van der Waals surface area (Å²) in [6.45, 7) is 3.43. The first kappa shape index (κ1) is 29.0. The number of nitrogens with zero attached hydrogens (tertiary/aromatic N) is 5. The largest absolute Gasteiger partial charge is 0.355 e. The molecule has 0 aromatic heterocycles. The Labute approximate surface area is 225 Å². The van der Waals surface area contributed by atoms with Crippen LogP contribution in [0.5, 0.6) is 0 Å². The van der Waals surface area contributed by atoms with Gasteiger partial charge >= 0.3 is 0 Å². The molecule has 35 heavy (non-hydrogen) atoms. The molecule has 1 aromatic carbocycles. The Bertz CT molecular complexity index is 1050. The number of likely N-dealkylation sites (tertiary alicyclic amines) is 1. The maximum absolute atomic E-state index is 12.5. The van der Waals surface area contributed by atoms with E-state index in [1.165, 1.54) is 8.61 Å². The van der Waals surface area contributed by atoms with E-state index in [-0.39, 0.29) is 62.8 Å². The van der Waals surface area contributed by atoms with Gasteiger partial charge in [0.05, 0.1) is 29.5 Å². The van der Waals surface area contributed by atoms with Crippen molar-refractivity contribution in [1.82, 2.24) is 18.8 Å². The number of piperidine rings is 1. The number of benzene rings is 1. The van der Waals surface area contributed by atoms with Gasteiger partial charge in [-0.05, 0) is 43.4 Å². The summed E-state index contributed by atoms with van der Waals surface area (Å²) in [5, 5.41) is 19.8. The van der Waals surface area contributed by atoms with Crippen LogP contribution in [-0.2, 0) is 26.3 Å². The molecule has 0 radical (unpaired) electrons. The first-order chi connectivity index (χ1) is 16.4. The molecule has 0 spiro atoms. The number of halogens is 1. The summed E-state index contributed by atoms with van der Waals surface area (Å²) in [6, 6.07) is 11.2. The van der Waals surface area contributed by atoms with Crippen LogP contribution in [0.1, 0.15) is 38.2 Å². The molecular formula is C23H33IN6O4S. The second kappa shape index (κ2) is 13.7. The van der Waals surface area contributed by atoms with Crippen LogP contribution < -0.4 is 5.32 Å². The first-order valence-electron chi connectivity index (χ1n) is 11.5. The van der Waals surface area contributed by atoms with Crippen molar-refractivity contribution >= 4 is 46.5 Å². The van der Waals surface area contributed by atoms with Crippen molar-refractivity contribution in [1.29, 1.82) is 10.5 Å². The number of nitrogens with one attached hydrogen (secondary N) is 1. The number of amides is 2. The van der Waals surface area contributed by atoms with Crippen molar-refractivity contribution in [2.45, 2.75) is 32.2 Å². The lowest BCUT2D eigenvalue weighted by Crippen LogP contribution is -2.57. The highest BCUT2D eigenvalue weighted by Crippen LogP contribution is 2.27. The molecule has 0 saturated carbocycles. The number of hydrogen-bond donors (Lipinski definition) is 1. The topological polar surface area (TPSA) is 138 Å². The van der Waals surface area contributed by atoms with Gasteiger partial charge in [-0.3, -0.25) is 9.59 Å². The average Bonchev–Trinajstić information content (AvgIpc) is 3.37. The van der Waals surface area contributed by atoms with E-state index in [9.17, 15) is 18.0 Å². The molecule has 0 bridgehead atoms. The van der Waals surface area contributed by atoms with Crippen molar-refractivity contribution in [2.75, 3.05) is 39.3 Å². The Morgan fingerprint density at radius 2 is 1.71 bits per heavy atom. The summed E-state index contributed by atoms with van der Waals surface area (Å²) in [7, 11) is -3.51. The van der Waals surface area contributed by atoms with Crippen LogP contribution in [0.25, 0.3) is 0 Å². The highest BCUT2D eigenvalue weighted by atomic mass is 127. The molecule has 3 heterocycles. The molecule has 3 aliphatic heterocycles. The average molecular weight is 617 g/mol. The second-order valence-corrected chi connectivity index (χ2v) is 10.6. The Morgan fingerprint density at radius 3 is 2.29 bits per heavy atom. The van der Waals surface area contributed by atoms with Crippen LogP contribution in [0.3, 0.4) is 0 Å². The Hall–Kier alpha value is -2.26. The summed E-state index contributed by atoms with van der Waals surface area (Å²) in [4.78, 5) is 24.3. The van der Waals surface area contributed by atoms with Crippen molar-refractivity contribution in [3.8, 4) is 12.1 Å². The van der Waals surface area contributed by atoms with Gasteiger partial charge in [0.1, 0.15) is 0 Å². The van der Waals surface area contributed by atoms with Gasteiger partial charge in [-0.1, -0.05) is 12.1 Å². The highest BCUT2D eigenvalue weighted by Gasteiger charge is 2.42. The van der Waals surface area contributed by atoms with Crippen LogP contribution in [0, 0.1) is 34.5 Å². The molecule has 4 rings (SSSR count). The lowest BCUT2D eigenvalue weighted by atomic mass is 9.98. The molecule has 3 fully saturated rings. The summed E-state index contributed by atoms with van der Waals surface area (Å²) < 4.78 is 27.9. The third kappa shape index (κ3) is 7.61. The molecule has 10 nitrogen and oxygen atoms in total. The fourth-order valence-electron chi connectivity index (χ4n) is 4.28. The molecule has 1 aromatic rings. The second-order valence-electron chi connectivity index (χ2n) is 8.69. The SMILES string of the molecule is I.N#CC1CN(S(=O)(=O)N2CCC[C@H](C(=O)N3CCCC3)C2)C1.N#Cc1ccc(CNC=O)cc1.[HH]. The number of hydrogen-bond acceptors (Lipinski definition) is 6. The zero-order valence-corrected chi connectivity index (χ0v) is 22.7. The van der Waals surface area contributed by atoms with Gasteiger partial charge in [-0.25, -0.2) is 0 Å². The van der Waals surface area contributed by atoms with Crippen molar-refractivity contribution < 1.29 is 19.4 Å². The molecule has 0 unspecified atom stereocenters. The van der Waals surface area contributed by atoms with Gasteiger partial charge < -0.3 is 10.2 Å². The molecule has 2 amide bonds. The summed E-state index contributed by atoms with van der Waals surface area (Å²) in [5.74, 6) is -0.299. The van der Waals surface area contributed by atoms with Crippen LogP contribution in [0.2, 0.25) is 0 Å². The van der Waals surface area contributed by atoms with Gasteiger partial charge in [-0.2, -0.15) is 27.6 Å². The minimum atomic E-state index is -3.51. The smallest absolute Gasteiger partial charge is 0.282 e. The Kier molecular flexibility index (Phi) is 11.4. The van der Waals surface area contributed by atoms with Crippen molar-refractivity contribution in [2.24, 2.45) is 11.8 Å². The molecule has 3 saturated heterocycles. The standard InChI is InChI=1S/C14H22N4O3S.C9H8N2O.HI.H2/c15-8-12-9-18(10-12)22(20,21)17-7-3-4-13(11-17)14(19)16-5-1-2-6-16;10-5-8-1-3-9(4-2-8)6-11-7-12;;/h12-13H,1-7,9-11H2;1-4,7H,6H2,(H,11,12);2*1H/t13-;;;/m0.../s1. The predicted octanol–water partition coefficient (Wildman–Crippen LogP) is 1.69.